The number of hydrogen-bond acceptors (Lipinski definition) is 9. The molecular formula is C15H21N3O7S. The summed E-state index contributed by atoms with van der Waals surface area (Å²) in [4.78, 5) is 7.52. The van der Waals surface area contributed by atoms with Crippen LogP contribution in [0.5, 0.6) is 0 Å². The second-order valence-electron chi connectivity index (χ2n) is 5.62. The van der Waals surface area contributed by atoms with Gasteiger partial charge in [-0.05, 0) is 12.5 Å². The fourth-order valence-corrected chi connectivity index (χ4v) is 3.37. The fourth-order valence-electron chi connectivity index (χ4n) is 2.34. The first-order valence-electron chi connectivity index (χ1n) is 7.86. The predicted octanol–water partition coefficient (Wildman–Crippen LogP) is -1.54. The number of terminal acetylenes is 1. The van der Waals surface area contributed by atoms with Crippen LogP contribution in [0, 0.1) is 12.3 Å². The van der Waals surface area contributed by atoms with Crippen LogP contribution >= 0.6 is 0 Å². The maximum absolute atomic E-state index is 12.1. The van der Waals surface area contributed by atoms with Crippen molar-refractivity contribution in [3.63, 3.8) is 0 Å². The number of anilines is 1. The molecule has 2 rings (SSSR count). The van der Waals surface area contributed by atoms with Crippen LogP contribution in [-0.4, -0.2) is 76.8 Å². The number of ether oxygens (including phenoxy) is 2. The van der Waals surface area contributed by atoms with E-state index in [1.807, 2.05) is 0 Å². The third kappa shape index (κ3) is 5.60. The van der Waals surface area contributed by atoms with Crippen LogP contribution in [0.15, 0.2) is 18.5 Å². The summed E-state index contributed by atoms with van der Waals surface area (Å²) in [6.07, 6.45) is 1.22. The molecule has 144 valence electrons. The SMILES string of the molecule is C#CCCOC1O[C@H](CCS(=O)(=O)Nc2ncccn2)[C@@H](O)[C@H](O)[C@@H]1O. The van der Waals surface area contributed by atoms with Gasteiger partial charge in [-0.15, -0.1) is 12.3 Å². The Bertz CT molecular complexity index is 710. The lowest BCUT2D eigenvalue weighted by molar-refractivity contribution is -0.296. The number of nitrogens with one attached hydrogen (secondary N) is 1. The largest absolute Gasteiger partial charge is 0.388 e. The summed E-state index contributed by atoms with van der Waals surface area (Å²) in [5.41, 5.74) is 0. The lowest BCUT2D eigenvalue weighted by Crippen LogP contribution is -2.58. The standard InChI is InChI=1S/C15H21N3O7S/c1-2-3-8-24-14-13(21)12(20)11(19)10(25-14)5-9-26(22,23)18-15-16-6-4-7-17-15/h1,4,6-7,10-14,19-21H,3,5,8-9H2,(H,16,17,18)/t10-,11-,12+,13+,14?/m1/s1. The molecule has 1 saturated heterocycles. The molecule has 5 atom stereocenters. The van der Waals surface area contributed by atoms with Gasteiger partial charge in [0, 0.05) is 18.8 Å². The summed E-state index contributed by atoms with van der Waals surface area (Å²) >= 11 is 0. The summed E-state index contributed by atoms with van der Waals surface area (Å²) in [5, 5.41) is 29.8. The molecule has 1 unspecified atom stereocenters. The van der Waals surface area contributed by atoms with Gasteiger partial charge in [0.15, 0.2) is 6.29 Å². The van der Waals surface area contributed by atoms with E-state index in [2.05, 4.69) is 20.6 Å². The predicted molar refractivity (Wildman–Crippen MR) is 90.1 cm³/mol. The molecule has 1 aromatic rings. The van der Waals surface area contributed by atoms with Gasteiger partial charge in [0.2, 0.25) is 16.0 Å². The molecule has 10 nitrogen and oxygen atoms in total. The molecule has 1 aromatic heterocycles. The van der Waals surface area contributed by atoms with Gasteiger partial charge in [-0.25, -0.2) is 18.4 Å². The smallest absolute Gasteiger partial charge is 0.236 e. The zero-order chi connectivity index (χ0) is 19.2. The molecular weight excluding hydrogens is 366 g/mol. The van der Waals surface area contributed by atoms with Crippen molar-refractivity contribution in [2.45, 2.75) is 43.5 Å². The van der Waals surface area contributed by atoms with Crippen molar-refractivity contribution in [3.05, 3.63) is 18.5 Å². The highest BCUT2D eigenvalue weighted by Crippen LogP contribution is 2.24. The minimum Gasteiger partial charge on any atom is -0.388 e. The third-order valence-electron chi connectivity index (χ3n) is 3.68. The van der Waals surface area contributed by atoms with E-state index in [-0.39, 0.29) is 25.4 Å². The van der Waals surface area contributed by atoms with Gasteiger partial charge in [-0.3, -0.25) is 4.72 Å². The Morgan fingerprint density at radius 1 is 1.23 bits per heavy atom. The number of aliphatic hydroxyl groups is 3. The van der Waals surface area contributed by atoms with Gasteiger partial charge in [0.25, 0.3) is 0 Å². The molecule has 11 heteroatoms. The lowest BCUT2D eigenvalue weighted by Gasteiger charge is -2.40. The third-order valence-corrected chi connectivity index (χ3v) is 4.95. The summed E-state index contributed by atoms with van der Waals surface area (Å²) in [7, 11) is -3.80. The molecule has 26 heavy (non-hydrogen) atoms. The quantitative estimate of drug-likeness (QED) is 0.307. The zero-order valence-electron chi connectivity index (χ0n) is 13.8. The highest BCUT2D eigenvalue weighted by Gasteiger charge is 2.44. The average Bonchev–Trinajstić information content (AvgIpc) is 2.61. The van der Waals surface area contributed by atoms with E-state index < -0.39 is 46.5 Å². The molecule has 1 fully saturated rings. The van der Waals surface area contributed by atoms with Crippen LogP contribution in [0.1, 0.15) is 12.8 Å². The Morgan fingerprint density at radius 3 is 2.58 bits per heavy atom. The van der Waals surface area contributed by atoms with Gasteiger partial charge < -0.3 is 24.8 Å². The van der Waals surface area contributed by atoms with Crippen LogP contribution in [0.25, 0.3) is 0 Å². The van der Waals surface area contributed by atoms with Crippen molar-refractivity contribution < 1.29 is 33.2 Å². The van der Waals surface area contributed by atoms with Crippen molar-refractivity contribution in [3.8, 4) is 12.3 Å². The van der Waals surface area contributed by atoms with Crippen LogP contribution in [0.3, 0.4) is 0 Å². The van der Waals surface area contributed by atoms with Gasteiger partial charge in [-0.1, -0.05) is 0 Å². The average molecular weight is 387 g/mol. The number of aliphatic hydroxyl groups excluding tert-OH is 3. The Balaban J connectivity index is 1.95. The zero-order valence-corrected chi connectivity index (χ0v) is 14.6. The molecule has 0 spiro atoms. The number of nitrogens with zero attached hydrogens (tertiary/aromatic N) is 2. The van der Waals surface area contributed by atoms with E-state index in [0.29, 0.717) is 0 Å². The number of rotatable bonds is 8. The van der Waals surface area contributed by atoms with E-state index in [1.165, 1.54) is 18.5 Å². The molecule has 0 saturated carbocycles. The molecule has 2 heterocycles. The minimum atomic E-state index is -3.80. The normalized spacial score (nSPS) is 29.1. The summed E-state index contributed by atoms with van der Waals surface area (Å²) < 4.78 is 37.0. The van der Waals surface area contributed by atoms with E-state index in [1.54, 1.807) is 0 Å². The molecule has 4 N–H and O–H groups in total. The summed E-state index contributed by atoms with van der Waals surface area (Å²) in [6, 6.07) is 1.54. The van der Waals surface area contributed by atoms with Crippen LogP contribution in [-0.2, 0) is 19.5 Å². The first kappa shape index (κ1) is 20.5. The fraction of sp³-hybridized carbons (Fsp3) is 0.600. The van der Waals surface area contributed by atoms with Gasteiger partial charge in [-0.2, -0.15) is 0 Å². The van der Waals surface area contributed by atoms with Crippen LogP contribution in [0.4, 0.5) is 5.95 Å². The minimum absolute atomic E-state index is 0.0800. The molecule has 0 aromatic carbocycles. The van der Waals surface area contributed by atoms with E-state index in [0.717, 1.165) is 0 Å². The maximum Gasteiger partial charge on any atom is 0.236 e. The first-order valence-corrected chi connectivity index (χ1v) is 9.51. The highest BCUT2D eigenvalue weighted by molar-refractivity contribution is 7.92. The van der Waals surface area contributed by atoms with Crippen molar-refractivity contribution in [2.75, 3.05) is 17.1 Å². The van der Waals surface area contributed by atoms with Crippen molar-refractivity contribution in [1.29, 1.82) is 0 Å². The molecule has 0 amide bonds. The Kier molecular flexibility index (Phi) is 7.27. The summed E-state index contributed by atoms with van der Waals surface area (Å²) in [5.74, 6) is 1.84. The Labute approximate surface area is 151 Å². The summed E-state index contributed by atoms with van der Waals surface area (Å²) in [6.45, 7) is 0.0823. The van der Waals surface area contributed by atoms with E-state index in [9.17, 15) is 23.7 Å². The first-order chi connectivity index (χ1) is 12.3. The van der Waals surface area contributed by atoms with Gasteiger partial charge >= 0.3 is 0 Å². The van der Waals surface area contributed by atoms with Crippen LogP contribution < -0.4 is 4.72 Å². The maximum atomic E-state index is 12.1. The monoisotopic (exact) mass is 387 g/mol. The number of aromatic nitrogens is 2. The Morgan fingerprint density at radius 2 is 1.92 bits per heavy atom. The molecule has 0 aliphatic carbocycles. The topological polar surface area (TPSA) is 151 Å². The van der Waals surface area contributed by atoms with Crippen molar-refractivity contribution in [1.82, 2.24) is 9.97 Å². The van der Waals surface area contributed by atoms with E-state index in [4.69, 9.17) is 15.9 Å². The van der Waals surface area contributed by atoms with Crippen molar-refractivity contribution in [2.24, 2.45) is 0 Å². The van der Waals surface area contributed by atoms with Gasteiger partial charge in [0.05, 0.1) is 18.5 Å². The Hall–Kier alpha value is -1.81. The second kappa shape index (κ2) is 9.22. The van der Waals surface area contributed by atoms with Gasteiger partial charge in [0.1, 0.15) is 18.3 Å². The van der Waals surface area contributed by atoms with Crippen LogP contribution in [0.2, 0.25) is 0 Å². The van der Waals surface area contributed by atoms with Crippen molar-refractivity contribution >= 4 is 16.0 Å². The second-order valence-corrected chi connectivity index (χ2v) is 7.46. The number of hydrogen-bond donors (Lipinski definition) is 4. The highest BCUT2D eigenvalue weighted by atomic mass is 32.2. The number of sulfonamides is 1. The lowest BCUT2D eigenvalue weighted by atomic mass is 9.97. The van der Waals surface area contributed by atoms with E-state index >= 15 is 0 Å². The molecule has 0 bridgehead atoms. The molecule has 0 radical (unpaired) electrons. The molecule has 1 aliphatic rings. The molecule has 1 aliphatic heterocycles.